The van der Waals surface area contributed by atoms with Gasteiger partial charge in [0.15, 0.2) is 5.78 Å². The second-order valence-electron chi connectivity index (χ2n) is 3.41. The summed E-state index contributed by atoms with van der Waals surface area (Å²) in [6, 6.07) is 9.23. The van der Waals surface area contributed by atoms with Crippen LogP contribution in [0.15, 0.2) is 30.3 Å². The maximum Gasteiger partial charge on any atom is 1.00 e. The monoisotopic (exact) mass is 421 g/mol. The SMILES string of the molecule is CC(=O)c1ccccc1.F[B-](F)(F)F.F[B-](F)(F)F.F[B-](F)(F)F.[H-].[K+]. The van der Waals surface area contributed by atoms with Gasteiger partial charge in [-0.05, 0) is 6.92 Å². The van der Waals surface area contributed by atoms with Crippen molar-refractivity contribution in [3.8, 4) is 0 Å². The van der Waals surface area contributed by atoms with E-state index in [0.717, 1.165) is 5.56 Å². The molecule has 1 nitrogen and oxygen atoms in total. The molecule has 0 amide bonds. The summed E-state index contributed by atoms with van der Waals surface area (Å²) in [6.45, 7) is 1.56. The summed E-state index contributed by atoms with van der Waals surface area (Å²) in [4.78, 5) is 10.6. The molecule has 0 spiro atoms. The molecule has 144 valence electrons. The Balaban J connectivity index is -0.0000000771. The van der Waals surface area contributed by atoms with Gasteiger partial charge in [-0.3, -0.25) is 4.79 Å². The Kier molecular flexibility index (Phi) is 19.5. The van der Waals surface area contributed by atoms with Gasteiger partial charge in [0, 0.05) is 5.56 Å². The molecule has 0 radical (unpaired) electrons. The Morgan fingerprint density at radius 2 is 0.880 bits per heavy atom. The number of hydrogen-bond donors (Lipinski definition) is 0. The van der Waals surface area contributed by atoms with E-state index in [4.69, 9.17) is 0 Å². The smallest absolute Gasteiger partial charge is 1.00 e. The van der Waals surface area contributed by atoms with Crippen LogP contribution in [0.3, 0.4) is 0 Å². The summed E-state index contributed by atoms with van der Waals surface area (Å²) in [5.41, 5.74) is 0.775. The standard InChI is InChI=1S/C8H8O.3BF4.K.H/c1-7(9)8-5-3-2-4-6-8;3*2-1(3,4)5;;/h2-6H,1H3;;;;;/q;3*-1;+1;-1. The summed E-state index contributed by atoms with van der Waals surface area (Å²) in [6.07, 6.45) is 0. The van der Waals surface area contributed by atoms with Crippen LogP contribution in [0.25, 0.3) is 0 Å². The predicted molar refractivity (Wildman–Crippen MR) is 68.1 cm³/mol. The molecule has 0 unspecified atom stereocenters. The van der Waals surface area contributed by atoms with Gasteiger partial charge in [-0.25, -0.2) is 0 Å². The fourth-order valence-corrected chi connectivity index (χ4v) is 0.673. The van der Waals surface area contributed by atoms with Gasteiger partial charge in [-0.15, -0.1) is 0 Å². The number of rotatable bonds is 1. The molecule has 1 rings (SSSR count). The Labute approximate surface area is 178 Å². The average Bonchev–Trinajstić information content (AvgIpc) is 2.23. The van der Waals surface area contributed by atoms with Gasteiger partial charge in [0.05, 0.1) is 0 Å². The maximum absolute atomic E-state index is 10.6. The first-order valence-corrected chi connectivity index (χ1v) is 5.48. The summed E-state index contributed by atoms with van der Waals surface area (Å²) in [5, 5.41) is 0. The molecule has 17 heteroatoms. The van der Waals surface area contributed by atoms with E-state index in [1.165, 1.54) is 0 Å². The van der Waals surface area contributed by atoms with E-state index in [1.807, 2.05) is 30.3 Å². The van der Waals surface area contributed by atoms with Gasteiger partial charge < -0.3 is 53.2 Å². The third kappa shape index (κ3) is 81.0. The number of benzene rings is 1. The molecule has 0 fully saturated rings. The molecule has 0 bridgehead atoms. The number of hydrogen-bond acceptors (Lipinski definition) is 1. The van der Waals surface area contributed by atoms with Gasteiger partial charge in [0.2, 0.25) is 0 Å². The van der Waals surface area contributed by atoms with Crippen LogP contribution in [-0.2, 0) is 0 Å². The van der Waals surface area contributed by atoms with E-state index in [1.54, 1.807) is 6.92 Å². The molecule has 0 saturated carbocycles. The minimum Gasteiger partial charge on any atom is -1.00 e. The minimum absolute atomic E-state index is 0. The van der Waals surface area contributed by atoms with Crippen LogP contribution in [-0.4, -0.2) is 27.5 Å². The number of carbonyl (C=O) groups excluding carboxylic acids is 1. The quantitative estimate of drug-likeness (QED) is 0.388. The molecule has 25 heavy (non-hydrogen) atoms. The van der Waals surface area contributed by atoms with E-state index in [2.05, 4.69) is 0 Å². The zero-order valence-electron chi connectivity index (χ0n) is 13.6. The predicted octanol–water partition coefficient (Wildman–Crippen LogP) is 2.91. The number of ketones is 1. The van der Waals surface area contributed by atoms with Crippen LogP contribution in [0.2, 0.25) is 0 Å². The summed E-state index contributed by atoms with van der Waals surface area (Å²) in [7, 11) is -18.0. The van der Waals surface area contributed by atoms with Crippen LogP contribution >= 0.6 is 0 Å². The van der Waals surface area contributed by atoms with Crippen LogP contribution in [0, 0.1) is 0 Å². The van der Waals surface area contributed by atoms with Crippen molar-refractivity contribution in [1.29, 1.82) is 0 Å². The third-order valence-electron chi connectivity index (χ3n) is 1.18. The number of carbonyl (C=O) groups is 1. The van der Waals surface area contributed by atoms with Crippen molar-refractivity contribution in [3.05, 3.63) is 35.9 Å². The fraction of sp³-hybridized carbons (Fsp3) is 0.125. The van der Waals surface area contributed by atoms with E-state index in [0.29, 0.717) is 0 Å². The molecule has 1 aromatic rings. The molecule has 0 atom stereocenters. The fourth-order valence-electron chi connectivity index (χ4n) is 0.673. The maximum atomic E-state index is 10.6. The Hall–Kier alpha value is -0.119. The molecule has 0 aliphatic rings. The van der Waals surface area contributed by atoms with Crippen molar-refractivity contribution < 1.29 is 109 Å². The summed E-state index contributed by atoms with van der Waals surface area (Å²) in [5.74, 6) is 0.121. The van der Waals surface area contributed by atoms with Crippen LogP contribution in [0.5, 0.6) is 0 Å². The van der Waals surface area contributed by atoms with Crippen LogP contribution < -0.4 is 51.4 Å². The van der Waals surface area contributed by atoms with Crippen molar-refractivity contribution in [2.75, 3.05) is 0 Å². The Morgan fingerprint density at radius 3 is 1.00 bits per heavy atom. The molecular formula is C8H9B3F12KO-3. The van der Waals surface area contributed by atoms with Gasteiger partial charge in [-0.2, -0.15) is 0 Å². The zero-order valence-corrected chi connectivity index (χ0v) is 15.7. The van der Waals surface area contributed by atoms with Gasteiger partial charge in [-0.1, -0.05) is 30.3 Å². The first-order chi connectivity index (χ1) is 10.3. The third-order valence-corrected chi connectivity index (χ3v) is 1.18. The molecule has 0 N–H and O–H groups in total. The molecule has 0 aromatic heterocycles. The average molecular weight is 421 g/mol. The van der Waals surface area contributed by atoms with E-state index >= 15 is 0 Å². The van der Waals surface area contributed by atoms with Crippen LogP contribution in [0.4, 0.5) is 51.8 Å². The first-order valence-electron chi connectivity index (χ1n) is 5.48. The first kappa shape index (κ1) is 32.5. The molecule has 0 aliphatic heterocycles. The van der Waals surface area contributed by atoms with Crippen molar-refractivity contribution >= 4 is 27.5 Å². The van der Waals surface area contributed by atoms with E-state index in [-0.39, 0.29) is 58.6 Å². The normalized spacial score (nSPS) is 10.4. The van der Waals surface area contributed by atoms with Gasteiger partial charge >= 0.3 is 73.1 Å². The van der Waals surface area contributed by atoms with Crippen molar-refractivity contribution in [3.63, 3.8) is 0 Å². The molecule has 0 heterocycles. The Morgan fingerprint density at radius 1 is 0.680 bits per heavy atom. The second-order valence-corrected chi connectivity index (χ2v) is 3.41. The minimum atomic E-state index is -6.00. The zero-order chi connectivity index (χ0) is 20.2. The molecule has 1 aromatic carbocycles. The van der Waals surface area contributed by atoms with Crippen molar-refractivity contribution in [1.82, 2.24) is 0 Å². The van der Waals surface area contributed by atoms with Crippen molar-refractivity contribution in [2.24, 2.45) is 0 Å². The largest absolute Gasteiger partial charge is 1.00 e. The topological polar surface area (TPSA) is 17.1 Å². The van der Waals surface area contributed by atoms with Gasteiger partial charge in [0.1, 0.15) is 0 Å². The molecular weight excluding hydrogens is 412 g/mol. The molecule has 0 aliphatic carbocycles. The number of halogens is 12. The number of Topliss-reactive ketones (excluding diaryl/α,β-unsaturated/α-hetero) is 1. The van der Waals surface area contributed by atoms with Crippen LogP contribution in [0.1, 0.15) is 18.7 Å². The second kappa shape index (κ2) is 15.0. The Bertz CT molecular complexity index is 406. The van der Waals surface area contributed by atoms with Gasteiger partial charge in [0.25, 0.3) is 0 Å². The van der Waals surface area contributed by atoms with E-state index in [9.17, 15) is 56.6 Å². The van der Waals surface area contributed by atoms with E-state index < -0.39 is 21.8 Å². The summed E-state index contributed by atoms with van der Waals surface area (Å²) < 4.78 is 117. The summed E-state index contributed by atoms with van der Waals surface area (Å²) >= 11 is 0. The molecule has 0 saturated heterocycles. The van der Waals surface area contributed by atoms with Crippen molar-refractivity contribution in [2.45, 2.75) is 6.92 Å².